The summed E-state index contributed by atoms with van der Waals surface area (Å²) in [6, 6.07) is 0. The van der Waals surface area contributed by atoms with E-state index >= 15 is 0 Å². The van der Waals surface area contributed by atoms with Crippen molar-refractivity contribution in [1.82, 2.24) is 0 Å². The third-order valence-electron chi connectivity index (χ3n) is 3.12. The highest BCUT2D eigenvalue weighted by atomic mass is 16.5. The first-order chi connectivity index (χ1) is 9.66. The minimum absolute atomic E-state index is 0.0483. The number of carbonyl (C=O) groups is 2. The van der Waals surface area contributed by atoms with Crippen LogP contribution in [-0.2, 0) is 14.3 Å². The van der Waals surface area contributed by atoms with Crippen LogP contribution in [0, 0.1) is 0 Å². The lowest BCUT2D eigenvalue weighted by molar-refractivity contribution is -0.143. The van der Waals surface area contributed by atoms with E-state index in [0.717, 1.165) is 38.5 Å². The van der Waals surface area contributed by atoms with Gasteiger partial charge >= 0.3 is 5.97 Å². The van der Waals surface area contributed by atoms with Gasteiger partial charge in [0.2, 0.25) is 0 Å². The molecule has 0 saturated heterocycles. The summed E-state index contributed by atoms with van der Waals surface area (Å²) in [6.45, 7) is 4.23. The van der Waals surface area contributed by atoms with E-state index in [2.05, 4.69) is 6.92 Å². The largest absolute Gasteiger partial charge is 0.466 e. The van der Waals surface area contributed by atoms with Crippen molar-refractivity contribution in [2.45, 2.75) is 78.1 Å². The smallest absolute Gasteiger partial charge is 0.305 e. The highest BCUT2D eigenvalue weighted by Gasteiger charge is 2.01. The number of ether oxygens (including phenoxy) is 1. The summed E-state index contributed by atoms with van der Waals surface area (Å²) in [4.78, 5) is 22.0. The summed E-state index contributed by atoms with van der Waals surface area (Å²) in [5.41, 5.74) is 0. The fraction of sp³-hybridized carbons (Fsp3) is 0.765. The lowest BCUT2D eigenvalue weighted by Crippen LogP contribution is -2.05. The molecule has 0 spiro atoms. The zero-order chi connectivity index (χ0) is 15.1. The summed E-state index contributed by atoms with van der Waals surface area (Å²) < 4.78 is 5.10. The third kappa shape index (κ3) is 14.9. The number of carbonyl (C=O) groups excluding carboxylic acids is 2. The van der Waals surface area contributed by atoms with E-state index in [1.54, 1.807) is 13.0 Å². The molecular weight excluding hydrogens is 252 g/mol. The Labute approximate surface area is 123 Å². The monoisotopic (exact) mass is 282 g/mol. The van der Waals surface area contributed by atoms with Crippen molar-refractivity contribution in [1.29, 1.82) is 0 Å². The van der Waals surface area contributed by atoms with Crippen LogP contribution in [-0.4, -0.2) is 18.4 Å². The molecule has 0 aliphatic heterocycles. The number of allylic oxidation sites excluding steroid dienone is 2. The Balaban J connectivity index is 3.20. The van der Waals surface area contributed by atoms with Crippen LogP contribution < -0.4 is 0 Å². The molecule has 0 aromatic heterocycles. The van der Waals surface area contributed by atoms with Gasteiger partial charge in [-0.1, -0.05) is 45.1 Å². The SMILES string of the molecule is CCCCOC(=O)CCCCCCCC/C=C/C(C)=O. The summed E-state index contributed by atoms with van der Waals surface area (Å²) in [7, 11) is 0. The van der Waals surface area contributed by atoms with Gasteiger partial charge in [-0.3, -0.25) is 9.59 Å². The fourth-order valence-electron chi connectivity index (χ4n) is 1.89. The van der Waals surface area contributed by atoms with Crippen molar-refractivity contribution in [2.24, 2.45) is 0 Å². The highest BCUT2D eigenvalue weighted by Crippen LogP contribution is 2.09. The Hall–Kier alpha value is -1.12. The summed E-state index contributed by atoms with van der Waals surface area (Å²) in [5, 5.41) is 0. The van der Waals surface area contributed by atoms with E-state index in [9.17, 15) is 9.59 Å². The van der Waals surface area contributed by atoms with Crippen LogP contribution in [0.25, 0.3) is 0 Å². The Morgan fingerprint density at radius 3 is 2.25 bits per heavy atom. The third-order valence-corrected chi connectivity index (χ3v) is 3.12. The van der Waals surface area contributed by atoms with Gasteiger partial charge in [0.05, 0.1) is 6.61 Å². The summed E-state index contributed by atoms with van der Waals surface area (Å²) in [6.07, 6.45) is 13.9. The molecule has 0 fully saturated rings. The Morgan fingerprint density at radius 1 is 0.950 bits per heavy atom. The lowest BCUT2D eigenvalue weighted by Gasteiger charge is -2.03. The molecule has 0 N–H and O–H groups in total. The van der Waals surface area contributed by atoms with Crippen molar-refractivity contribution in [3.8, 4) is 0 Å². The van der Waals surface area contributed by atoms with Gasteiger partial charge in [-0.25, -0.2) is 0 Å². The van der Waals surface area contributed by atoms with E-state index in [1.165, 1.54) is 19.3 Å². The molecule has 0 aromatic rings. The average Bonchev–Trinajstić information content (AvgIpc) is 2.41. The molecule has 0 aliphatic carbocycles. The average molecular weight is 282 g/mol. The van der Waals surface area contributed by atoms with Gasteiger partial charge in [0.25, 0.3) is 0 Å². The normalized spacial score (nSPS) is 10.9. The lowest BCUT2D eigenvalue weighted by atomic mass is 10.1. The first-order valence-corrected chi connectivity index (χ1v) is 7.99. The van der Waals surface area contributed by atoms with Gasteiger partial charge in [-0.15, -0.1) is 0 Å². The number of ketones is 1. The summed E-state index contributed by atoms with van der Waals surface area (Å²) >= 11 is 0. The van der Waals surface area contributed by atoms with Crippen molar-refractivity contribution in [3.63, 3.8) is 0 Å². The van der Waals surface area contributed by atoms with Crippen LogP contribution in [0.4, 0.5) is 0 Å². The molecule has 0 saturated carbocycles. The van der Waals surface area contributed by atoms with Gasteiger partial charge < -0.3 is 4.74 Å². The molecule has 20 heavy (non-hydrogen) atoms. The zero-order valence-electron chi connectivity index (χ0n) is 13.2. The second-order valence-corrected chi connectivity index (χ2v) is 5.25. The molecule has 0 amide bonds. The van der Waals surface area contributed by atoms with Crippen molar-refractivity contribution in [2.75, 3.05) is 6.61 Å². The van der Waals surface area contributed by atoms with Gasteiger partial charge in [-0.05, 0) is 38.7 Å². The molecule has 0 aliphatic rings. The highest BCUT2D eigenvalue weighted by molar-refractivity contribution is 5.87. The number of rotatable bonds is 13. The number of unbranched alkanes of at least 4 members (excludes halogenated alkanes) is 7. The molecule has 0 atom stereocenters. The van der Waals surface area contributed by atoms with Crippen LogP contribution in [0.15, 0.2) is 12.2 Å². The molecular formula is C17H30O3. The minimum atomic E-state index is -0.0483. The zero-order valence-corrected chi connectivity index (χ0v) is 13.2. The Morgan fingerprint density at radius 2 is 1.60 bits per heavy atom. The predicted octanol–water partition coefficient (Wildman–Crippen LogP) is 4.60. The van der Waals surface area contributed by atoms with Crippen LogP contribution in [0.2, 0.25) is 0 Å². The molecule has 116 valence electrons. The molecule has 0 heterocycles. The first kappa shape index (κ1) is 18.9. The second-order valence-electron chi connectivity index (χ2n) is 5.25. The summed E-state index contributed by atoms with van der Waals surface area (Å²) in [5.74, 6) is 0.0728. The molecule has 0 unspecified atom stereocenters. The molecule has 0 aromatic carbocycles. The van der Waals surface area contributed by atoms with Crippen molar-refractivity contribution < 1.29 is 14.3 Å². The quantitative estimate of drug-likeness (QED) is 0.282. The second kappa shape index (κ2) is 14.3. The maximum absolute atomic E-state index is 11.3. The molecule has 0 bridgehead atoms. The molecule has 0 radical (unpaired) electrons. The maximum Gasteiger partial charge on any atom is 0.305 e. The van der Waals surface area contributed by atoms with Gasteiger partial charge in [0, 0.05) is 6.42 Å². The van der Waals surface area contributed by atoms with Crippen LogP contribution in [0.5, 0.6) is 0 Å². The topological polar surface area (TPSA) is 43.4 Å². The van der Waals surface area contributed by atoms with Crippen molar-refractivity contribution >= 4 is 11.8 Å². The van der Waals surface area contributed by atoms with Gasteiger partial charge in [0.1, 0.15) is 0 Å². The molecule has 3 heteroatoms. The van der Waals surface area contributed by atoms with Crippen LogP contribution in [0.3, 0.4) is 0 Å². The standard InChI is InChI=1S/C17H30O3/c1-3-4-15-20-17(19)14-12-10-8-6-5-7-9-11-13-16(2)18/h11,13H,3-10,12,14-15H2,1-2H3/b13-11+. The van der Waals surface area contributed by atoms with Crippen molar-refractivity contribution in [3.05, 3.63) is 12.2 Å². The van der Waals surface area contributed by atoms with E-state index < -0.39 is 0 Å². The van der Waals surface area contributed by atoms with Gasteiger partial charge in [0.15, 0.2) is 5.78 Å². The van der Waals surface area contributed by atoms with E-state index in [4.69, 9.17) is 4.74 Å². The van der Waals surface area contributed by atoms with E-state index in [-0.39, 0.29) is 11.8 Å². The number of hydrogen-bond donors (Lipinski definition) is 0. The molecule has 0 rings (SSSR count). The maximum atomic E-state index is 11.3. The van der Waals surface area contributed by atoms with Crippen LogP contribution >= 0.6 is 0 Å². The first-order valence-electron chi connectivity index (χ1n) is 7.99. The fourth-order valence-corrected chi connectivity index (χ4v) is 1.89. The Bertz CT molecular complexity index is 282. The van der Waals surface area contributed by atoms with Crippen LogP contribution in [0.1, 0.15) is 78.1 Å². The Kier molecular flexibility index (Phi) is 13.5. The van der Waals surface area contributed by atoms with E-state index in [1.807, 2.05) is 6.08 Å². The molecule has 3 nitrogen and oxygen atoms in total. The predicted molar refractivity (Wildman–Crippen MR) is 82.6 cm³/mol. The van der Waals surface area contributed by atoms with Gasteiger partial charge in [-0.2, -0.15) is 0 Å². The minimum Gasteiger partial charge on any atom is -0.466 e. The van der Waals surface area contributed by atoms with E-state index in [0.29, 0.717) is 13.0 Å². The number of hydrogen-bond acceptors (Lipinski definition) is 3. The number of esters is 1.